The molecule has 162 valence electrons. The van der Waals surface area contributed by atoms with Crippen LogP contribution in [0.1, 0.15) is 49.2 Å². The van der Waals surface area contributed by atoms with Crippen LogP contribution < -0.4 is 10.1 Å². The van der Waals surface area contributed by atoms with Gasteiger partial charge in [-0.05, 0) is 61.6 Å². The molecule has 8 heteroatoms. The zero-order chi connectivity index (χ0) is 21.6. The number of thioether (sulfide) groups is 1. The van der Waals surface area contributed by atoms with Crippen molar-refractivity contribution in [3.63, 3.8) is 0 Å². The number of allylic oxidation sites excluding steroid dienone is 1. The number of hydrogen-bond acceptors (Lipinski definition) is 8. The summed E-state index contributed by atoms with van der Waals surface area (Å²) < 4.78 is 5.40. The lowest BCUT2D eigenvalue weighted by molar-refractivity contribution is -0.119. The summed E-state index contributed by atoms with van der Waals surface area (Å²) in [5, 5.41) is 3.53. The summed E-state index contributed by atoms with van der Waals surface area (Å²) in [7, 11) is 1.68. The minimum absolute atomic E-state index is 0.0146. The lowest BCUT2D eigenvalue weighted by atomic mass is 9.84. The first-order chi connectivity index (χ1) is 15.1. The fraction of sp³-hybridized carbons (Fsp3) is 0.435. The highest BCUT2D eigenvalue weighted by Gasteiger charge is 2.26. The largest absolute Gasteiger partial charge is 0.496 e. The van der Waals surface area contributed by atoms with Crippen molar-refractivity contribution in [1.29, 1.82) is 0 Å². The minimum Gasteiger partial charge on any atom is -0.496 e. The van der Waals surface area contributed by atoms with E-state index in [1.165, 1.54) is 0 Å². The van der Waals surface area contributed by atoms with Crippen molar-refractivity contribution in [2.45, 2.75) is 51.1 Å². The maximum absolute atomic E-state index is 11.8. The van der Waals surface area contributed by atoms with Gasteiger partial charge in [-0.25, -0.2) is 9.97 Å². The lowest BCUT2D eigenvalue weighted by Crippen LogP contribution is -2.33. The number of nitrogens with one attached hydrogen (secondary N) is 1. The molecule has 1 aliphatic heterocycles. The lowest BCUT2D eigenvalue weighted by Gasteiger charge is -2.29. The van der Waals surface area contributed by atoms with E-state index in [2.05, 4.69) is 20.3 Å². The van der Waals surface area contributed by atoms with Crippen LogP contribution in [0.2, 0.25) is 0 Å². The zero-order valence-corrected chi connectivity index (χ0v) is 18.4. The average molecular weight is 439 g/mol. The van der Waals surface area contributed by atoms with E-state index in [0.29, 0.717) is 22.6 Å². The number of aromatic nitrogens is 3. The van der Waals surface area contributed by atoms with Crippen molar-refractivity contribution >= 4 is 28.7 Å². The molecule has 7 nitrogen and oxygen atoms in total. The molecule has 0 bridgehead atoms. The van der Waals surface area contributed by atoms with Crippen LogP contribution in [-0.2, 0) is 22.6 Å². The fourth-order valence-corrected chi connectivity index (χ4v) is 4.92. The number of carbonyl (C=O) groups excluding carboxylic acids is 2. The Morgan fingerprint density at radius 3 is 2.77 bits per heavy atom. The Labute approximate surface area is 186 Å². The van der Waals surface area contributed by atoms with Gasteiger partial charge in [0.15, 0.2) is 5.78 Å². The van der Waals surface area contributed by atoms with Gasteiger partial charge in [0.05, 0.1) is 24.1 Å². The summed E-state index contributed by atoms with van der Waals surface area (Å²) in [6.07, 6.45) is 12.3. The minimum atomic E-state index is -0.120. The zero-order valence-electron chi connectivity index (χ0n) is 17.5. The molecule has 31 heavy (non-hydrogen) atoms. The van der Waals surface area contributed by atoms with E-state index in [0.717, 1.165) is 67.5 Å². The van der Waals surface area contributed by atoms with Crippen LogP contribution in [0.3, 0.4) is 0 Å². The van der Waals surface area contributed by atoms with Crippen LogP contribution in [0.25, 0.3) is 6.08 Å². The Bertz CT molecular complexity index is 986. The van der Waals surface area contributed by atoms with Crippen LogP contribution in [0.5, 0.6) is 5.75 Å². The normalized spacial score (nSPS) is 22.8. The summed E-state index contributed by atoms with van der Waals surface area (Å²) in [6, 6.07) is 4.15. The first-order valence-corrected chi connectivity index (χ1v) is 11.4. The molecular formula is C23H26N4O3S. The first-order valence-electron chi connectivity index (χ1n) is 10.6. The molecule has 2 fully saturated rings. The maximum Gasteiger partial charge on any atom is 0.201 e. The highest BCUT2D eigenvalue weighted by atomic mass is 32.2. The number of Topliss-reactive ketones (excluding diaryl/α,β-unsaturated/α-hetero) is 1. The molecule has 0 amide bonds. The standard InChI is InChI=1S/C23H26N4O3S/c1-30-20-7-8-24-13-16(20)14-26-17-4-2-15(3-5-17)10-22-25-9-6-18(27-22)11-21-19(28)12-23(29)31-21/h6-9,11,13,15,17,26H,2-5,10,12,14H2,1H3/b21-11-. The molecular weight excluding hydrogens is 412 g/mol. The number of methoxy groups -OCH3 is 1. The molecule has 0 atom stereocenters. The first kappa shape index (κ1) is 21.6. The van der Waals surface area contributed by atoms with Gasteiger partial charge in [0, 0.05) is 43.2 Å². The fourth-order valence-electron chi connectivity index (χ4n) is 4.10. The number of pyridine rings is 1. The Morgan fingerprint density at radius 1 is 1.19 bits per heavy atom. The van der Waals surface area contributed by atoms with Crippen LogP contribution in [-0.4, -0.2) is 39.0 Å². The number of ether oxygens (including phenoxy) is 1. The Kier molecular flexibility index (Phi) is 7.09. The second kappa shape index (κ2) is 10.2. The van der Waals surface area contributed by atoms with Gasteiger partial charge in [0.1, 0.15) is 11.6 Å². The van der Waals surface area contributed by atoms with Crippen LogP contribution in [0.4, 0.5) is 0 Å². The molecule has 2 aliphatic rings. The molecule has 1 N–H and O–H groups in total. The van der Waals surface area contributed by atoms with E-state index >= 15 is 0 Å². The van der Waals surface area contributed by atoms with E-state index in [4.69, 9.17) is 4.74 Å². The number of nitrogens with zero attached hydrogens (tertiary/aromatic N) is 3. The average Bonchev–Trinajstić information content (AvgIpc) is 3.10. The van der Waals surface area contributed by atoms with E-state index in [-0.39, 0.29) is 17.3 Å². The number of rotatable bonds is 7. The maximum atomic E-state index is 11.8. The predicted octanol–water partition coefficient (Wildman–Crippen LogP) is 3.34. The summed E-state index contributed by atoms with van der Waals surface area (Å²) in [6.45, 7) is 0.755. The van der Waals surface area contributed by atoms with Crippen LogP contribution in [0.15, 0.2) is 35.6 Å². The Hall–Kier alpha value is -2.58. The third kappa shape index (κ3) is 5.77. The van der Waals surface area contributed by atoms with Gasteiger partial charge in [0.25, 0.3) is 0 Å². The molecule has 4 rings (SSSR count). The van der Waals surface area contributed by atoms with Gasteiger partial charge >= 0.3 is 0 Å². The highest BCUT2D eigenvalue weighted by molar-refractivity contribution is 8.18. The van der Waals surface area contributed by atoms with Crippen molar-refractivity contribution in [2.24, 2.45) is 5.92 Å². The summed E-state index contributed by atoms with van der Waals surface area (Å²) in [5.74, 6) is 2.10. The number of carbonyl (C=O) groups is 2. The molecule has 1 aliphatic carbocycles. The van der Waals surface area contributed by atoms with E-state index in [1.54, 1.807) is 31.6 Å². The van der Waals surface area contributed by atoms with Crippen LogP contribution in [0, 0.1) is 5.92 Å². The molecule has 2 aromatic rings. The highest BCUT2D eigenvalue weighted by Crippen LogP contribution is 2.31. The molecule has 0 spiro atoms. The van der Waals surface area contributed by atoms with Crippen molar-refractivity contribution in [2.75, 3.05) is 7.11 Å². The second-order valence-corrected chi connectivity index (χ2v) is 9.07. The second-order valence-electron chi connectivity index (χ2n) is 7.97. The summed E-state index contributed by atoms with van der Waals surface area (Å²) >= 11 is 1.01. The Balaban J connectivity index is 1.28. The van der Waals surface area contributed by atoms with Crippen molar-refractivity contribution in [3.05, 3.63) is 52.7 Å². The third-order valence-electron chi connectivity index (χ3n) is 5.79. The third-order valence-corrected chi connectivity index (χ3v) is 6.72. The van der Waals surface area contributed by atoms with Gasteiger partial charge in [-0.15, -0.1) is 0 Å². The van der Waals surface area contributed by atoms with Gasteiger partial charge in [0.2, 0.25) is 5.12 Å². The summed E-state index contributed by atoms with van der Waals surface area (Å²) in [5.41, 5.74) is 1.77. The smallest absolute Gasteiger partial charge is 0.201 e. The van der Waals surface area contributed by atoms with E-state index < -0.39 is 0 Å². The SMILES string of the molecule is COc1ccncc1CNC1CCC(Cc2nccc(/C=C3\SC(=O)CC3=O)n2)CC1. The quantitative estimate of drug-likeness (QED) is 0.520. The molecule has 1 saturated carbocycles. The predicted molar refractivity (Wildman–Crippen MR) is 119 cm³/mol. The number of hydrogen-bond donors (Lipinski definition) is 1. The van der Waals surface area contributed by atoms with E-state index in [9.17, 15) is 9.59 Å². The summed E-state index contributed by atoms with van der Waals surface area (Å²) in [4.78, 5) is 36.9. The molecule has 0 aromatic carbocycles. The monoisotopic (exact) mass is 438 g/mol. The van der Waals surface area contributed by atoms with Gasteiger partial charge in [-0.2, -0.15) is 0 Å². The van der Waals surface area contributed by atoms with Crippen molar-refractivity contribution in [1.82, 2.24) is 20.3 Å². The molecule has 0 radical (unpaired) electrons. The molecule has 3 heterocycles. The van der Waals surface area contributed by atoms with Gasteiger partial charge in [-0.1, -0.05) is 0 Å². The van der Waals surface area contributed by atoms with Crippen molar-refractivity contribution in [3.8, 4) is 5.75 Å². The molecule has 2 aromatic heterocycles. The van der Waals surface area contributed by atoms with Gasteiger partial charge in [-0.3, -0.25) is 14.6 Å². The molecule has 1 saturated heterocycles. The molecule has 0 unspecified atom stereocenters. The Morgan fingerprint density at radius 2 is 2.03 bits per heavy atom. The van der Waals surface area contributed by atoms with Crippen LogP contribution >= 0.6 is 11.8 Å². The van der Waals surface area contributed by atoms with Crippen molar-refractivity contribution < 1.29 is 14.3 Å². The topological polar surface area (TPSA) is 94.1 Å². The number of ketones is 1. The van der Waals surface area contributed by atoms with Gasteiger partial charge < -0.3 is 10.1 Å². The van der Waals surface area contributed by atoms with E-state index in [1.807, 2.05) is 12.3 Å².